The maximum Gasteiger partial charge on any atom is 0.271 e. The number of H-pyrrole nitrogens is 1. The van der Waals surface area contributed by atoms with E-state index in [-0.39, 0.29) is 36.5 Å². The van der Waals surface area contributed by atoms with Gasteiger partial charge < -0.3 is 15.0 Å². The molecule has 0 saturated heterocycles. The van der Waals surface area contributed by atoms with Crippen LogP contribution in [0.25, 0.3) is 0 Å². The van der Waals surface area contributed by atoms with E-state index in [4.69, 9.17) is 4.74 Å². The van der Waals surface area contributed by atoms with Crippen LogP contribution in [0.1, 0.15) is 27.3 Å². The summed E-state index contributed by atoms with van der Waals surface area (Å²) in [4.78, 5) is 39.2. The Kier molecular flexibility index (Phi) is 6.23. The van der Waals surface area contributed by atoms with Crippen LogP contribution in [-0.4, -0.2) is 27.3 Å². The molecule has 8 heteroatoms. The zero-order chi connectivity index (χ0) is 20.8. The monoisotopic (exact) mass is 394 g/mol. The largest absolute Gasteiger partial charge is 0.492 e. The van der Waals surface area contributed by atoms with Crippen LogP contribution in [0.15, 0.2) is 58.1 Å². The number of nitrogens with one attached hydrogen (secondary N) is 2. The lowest BCUT2D eigenvalue weighted by molar-refractivity contribution is 0.0942. The first-order chi connectivity index (χ1) is 13.9. The van der Waals surface area contributed by atoms with Gasteiger partial charge in [-0.25, -0.2) is 4.68 Å². The SMILES string of the molecule is Cc1cc(C)c(CNC(=O)c2ccc(=O)n(CCOc3ccccc3)n2)c(=O)[nH]1. The van der Waals surface area contributed by atoms with Gasteiger partial charge in [-0.15, -0.1) is 0 Å². The highest BCUT2D eigenvalue weighted by molar-refractivity contribution is 5.91. The van der Waals surface area contributed by atoms with E-state index >= 15 is 0 Å². The summed E-state index contributed by atoms with van der Waals surface area (Å²) in [5.41, 5.74) is 1.55. The minimum atomic E-state index is -0.470. The minimum absolute atomic E-state index is 0.0677. The molecule has 0 aliphatic carbocycles. The van der Waals surface area contributed by atoms with Gasteiger partial charge in [0.25, 0.3) is 17.0 Å². The van der Waals surface area contributed by atoms with Gasteiger partial charge in [0.15, 0.2) is 0 Å². The molecule has 150 valence electrons. The molecule has 29 heavy (non-hydrogen) atoms. The molecule has 8 nitrogen and oxygen atoms in total. The quantitative estimate of drug-likeness (QED) is 0.633. The second kappa shape index (κ2) is 9.01. The smallest absolute Gasteiger partial charge is 0.271 e. The van der Waals surface area contributed by atoms with Crippen LogP contribution in [0.3, 0.4) is 0 Å². The number of rotatable bonds is 7. The number of aromatic nitrogens is 3. The van der Waals surface area contributed by atoms with Gasteiger partial charge in [-0.2, -0.15) is 5.10 Å². The van der Waals surface area contributed by atoms with Crippen LogP contribution in [-0.2, 0) is 13.1 Å². The Balaban J connectivity index is 1.64. The third-order valence-electron chi connectivity index (χ3n) is 4.33. The lowest BCUT2D eigenvalue weighted by Gasteiger charge is -2.10. The molecule has 1 amide bonds. The molecule has 0 atom stereocenters. The minimum Gasteiger partial charge on any atom is -0.492 e. The fraction of sp³-hybridized carbons (Fsp3) is 0.238. The van der Waals surface area contributed by atoms with Crippen molar-refractivity contribution in [3.63, 3.8) is 0 Å². The van der Waals surface area contributed by atoms with Crippen LogP contribution in [0.4, 0.5) is 0 Å². The van der Waals surface area contributed by atoms with Crippen molar-refractivity contribution in [1.29, 1.82) is 0 Å². The first-order valence-electron chi connectivity index (χ1n) is 9.17. The molecule has 0 bridgehead atoms. The van der Waals surface area contributed by atoms with Crippen molar-refractivity contribution in [2.75, 3.05) is 6.61 Å². The maximum absolute atomic E-state index is 12.4. The van der Waals surface area contributed by atoms with Gasteiger partial charge in [-0.3, -0.25) is 14.4 Å². The number of hydrogen-bond donors (Lipinski definition) is 2. The van der Waals surface area contributed by atoms with Crippen molar-refractivity contribution in [3.05, 3.63) is 91.8 Å². The summed E-state index contributed by atoms with van der Waals surface area (Å²) < 4.78 is 6.75. The van der Waals surface area contributed by atoms with E-state index in [2.05, 4.69) is 15.4 Å². The summed E-state index contributed by atoms with van der Waals surface area (Å²) >= 11 is 0. The Morgan fingerprint density at radius 3 is 2.62 bits per heavy atom. The van der Waals surface area contributed by atoms with Crippen LogP contribution >= 0.6 is 0 Å². The molecule has 0 unspecified atom stereocenters. The second-order valence-electron chi connectivity index (χ2n) is 6.57. The van der Waals surface area contributed by atoms with Gasteiger partial charge in [0.1, 0.15) is 18.1 Å². The van der Waals surface area contributed by atoms with E-state index < -0.39 is 5.91 Å². The normalized spacial score (nSPS) is 10.6. The molecule has 0 fully saturated rings. The van der Waals surface area contributed by atoms with Crippen molar-refractivity contribution < 1.29 is 9.53 Å². The number of nitrogens with zero attached hydrogens (tertiary/aromatic N) is 2. The third kappa shape index (κ3) is 5.19. The van der Waals surface area contributed by atoms with Crippen molar-refractivity contribution in [2.24, 2.45) is 0 Å². The fourth-order valence-corrected chi connectivity index (χ4v) is 2.86. The number of amides is 1. The fourth-order valence-electron chi connectivity index (χ4n) is 2.86. The summed E-state index contributed by atoms with van der Waals surface area (Å²) in [6.45, 7) is 4.12. The van der Waals surface area contributed by atoms with E-state index in [1.54, 1.807) is 6.92 Å². The Morgan fingerprint density at radius 2 is 1.90 bits per heavy atom. The maximum atomic E-state index is 12.4. The summed E-state index contributed by atoms with van der Waals surface area (Å²) in [6.07, 6.45) is 0. The molecule has 0 spiro atoms. The van der Waals surface area contributed by atoms with Gasteiger partial charge in [0.05, 0.1) is 6.54 Å². The van der Waals surface area contributed by atoms with Gasteiger partial charge in [-0.1, -0.05) is 18.2 Å². The zero-order valence-electron chi connectivity index (χ0n) is 16.3. The highest BCUT2D eigenvalue weighted by atomic mass is 16.5. The standard InChI is InChI=1S/C21H22N4O4/c1-14-12-15(2)23-20(27)17(14)13-22-21(28)18-8-9-19(26)25(24-18)10-11-29-16-6-4-3-5-7-16/h3-9,12H,10-11,13H2,1-2H3,(H,22,28)(H,23,27). The van der Waals surface area contributed by atoms with Gasteiger partial charge >= 0.3 is 0 Å². The molecule has 0 radical (unpaired) electrons. The van der Waals surface area contributed by atoms with Crippen LogP contribution in [0, 0.1) is 13.8 Å². The van der Waals surface area contributed by atoms with E-state index in [0.29, 0.717) is 11.3 Å². The number of carbonyl (C=O) groups is 1. The predicted octanol–water partition coefficient (Wildman–Crippen LogP) is 1.56. The Labute approximate surface area is 167 Å². The average molecular weight is 394 g/mol. The number of para-hydroxylation sites is 1. The number of pyridine rings is 1. The summed E-state index contributed by atoms with van der Waals surface area (Å²) in [7, 11) is 0. The van der Waals surface area contributed by atoms with E-state index in [9.17, 15) is 14.4 Å². The van der Waals surface area contributed by atoms with Crippen molar-refractivity contribution in [1.82, 2.24) is 20.1 Å². The molecule has 2 aromatic heterocycles. The summed E-state index contributed by atoms with van der Waals surface area (Å²) in [5.74, 6) is 0.218. The molecule has 0 aliphatic rings. The van der Waals surface area contributed by atoms with Crippen molar-refractivity contribution >= 4 is 5.91 Å². The molecule has 0 aliphatic heterocycles. The summed E-state index contributed by atoms with van der Waals surface area (Å²) in [5, 5.41) is 6.78. The van der Waals surface area contributed by atoms with Gasteiger partial charge in [0, 0.05) is 23.9 Å². The van der Waals surface area contributed by atoms with Crippen LogP contribution < -0.4 is 21.2 Å². The predicted molar refractivity (Wildman–Crippen MR) is 108 cm³/mol. The van der Waals surface area contributed by atoms with E-state index in [0.717, 1.165) is 11.3 Å². The molecule has 2 heterocycles. The van der Waals surface area contributed by atoms with Gasteiger partial charge in [0.2, 0.25) is 0 Å². The molecule has 3 aromatic rings. The number of benzene rings is 1. The Bertz CT molecular complexity index is 1120. The average Bonchev–Trinajstić information content (AvgIpc) is 2.69. The number of hydrogen-bond acceptors (Lipinski definition) is 5. The molecule has 1 aromatic carbocycles. The highest BCUT2D eigenvalue weighted by Gasteiger charge is 2.12. The third-order valence-corrected chi connectivity index (χ3v) is 4.33. The first-order valence-corrected chi connectivity index (χ1v) is 9.17. The molecule has 3 rings (SSSR count). The number of carbonyl (C=O) groups excluding carboxylic acids is 1. The van der Waals surface area contributed by atoms with Gasteiger partial charge in [-0.05, 0) is 43.7 Å². The summed E-state index contributed by atoms with van der Waals surface area (Å²) in [6, 6.07) is 13.7. The molecule has 2 N–H and O–H groups in total. The number of aromatic amines is 1. The van der Waals surface area contributed by atoms with Crippen LogP contribution in [0.5, 0.6) is 5.75 Å². The molecule has 0 saturated carbocycles. The highest BCUT2D eigenvalue weighted by Crippen LogP contribution is 2.08. The zero-order valence-corrected chi connectivity index (χ0v) is 16.3. The lowest BCUT2D eigenvalue weighted by Crippen LogP contribution is -2.32. The van der Waals surface area contributed by atoms with Crippen LogP contribution in [0.2, 0.25) is 0 Å². The molecular formula is C21H22N4O4. The van der Waals surface area contributed by atoms with Crippen molar-refractivity contribution in [2.45, 2.75) is 26.9 Å². The Morgan fingerprint density at radius 1 is 1.14 bits per heavy atom. The van der Waals surface area contributed by atoms with Crippen molar-refractivity contribution in [3.8, 4) is 5.75 Å². The van der Waals surface area contributed by atoms with E-state index in [1.165, 1.54) is 16.8 Å². The number of ether oxygens (including phenoxy) is 1. The first kappa shape index (κ1) is 20.1. The lowest BCUT2D eigenvalue weighted by atomic mass is 10.1. The second-order valence-corrected chi connectivity index (χ2v) is 6.57. The number of aryl methyl sites for hydroxylation is 2. The molecular weight excluding hydrogens is 372 g/mol. The van der Waals surface area contributed by atoms with E-state index in [1.807, 2.05) is 43.3 Å². The topological polar surface area (TPSA) is 106 Å². The Hall–Kier alpha value is -3.68.